The summed E-state index contributed by atoms with van der Waals surface area (Å²) in [6.45, 7) is 7.68. The van der Waals surface area contributed by atoms with Crippen LogP contribution in [0.5, 0.6) is 0 Å². The predicted molar refractivity (Wildman–Crippen MR) is 99.1 cm³/mol. The van der Waals surface area contributed by atoms with Gasteiger partial charge in [0.1, 0.15) is 0 Å². The quantitative estimate of drug-likeness (QED) is 0.265. The molecular formula is C18H36N4O. The molecule has 1 aliphatic rings. The summed E-state index contributed by atoms with van der Waals surface area (Å²) in [5, 5.41) is 6.78. The zero-order valence-electron chi connectivity index (χ0n) is 15.4. The maximum atomic E-state index is 5.09. The van der Waals surface area contributed by atoms with Crippen molar-refractivity contribution in [3.63, 3.8) is 0 Å². The molecule has 0 saturated heterocycles. The number of hydrogen-bond donors (Lipinski definition) is 2. The van der Waals surface area contributed by atoms with Crippen LogP contribution >= 0.6 is 0 Å². The number of allylic oxidation sites excluding steroid dienone is 1. The Balaban J connectivity index is 2.20. The Kier molecular flexibility index (Phi) is 11.6. The minimum absolute atomic E-state index is 0.791. The second-order valence-electron chi connectivity index (χ2n) is 6.20. The van der Waals surface area contributed by atoms with Crippen LogP contribution in [0.3, 0.4) is 0 Å². The van der Waals surface area contributed by atoms with E-state index in [0.29, 0.717) is 0 Å². The molecule has 134 valence electrons. The molecule has 23 heavy (non-hydrogen) atoms. The predicted octanol–water partition coefficient (Wildman–Crippen LogP) is 2.40. The Labute approximate surface area is 142 Å². The third-order valence-corrected chi connectivity index (χ3v) is 4.11. The molecule has 0 bridgehead atoms. The summed E-state index contributed by atoms with van der Waals surface area (Å²) in [7, 11) is 3.87. The SMILES string of the molecule is CCNC(=NCCCN(C)CCOC)NCCC1=CCCCC1. The lowest BCUT2D eigenvalue weighted by atomic mass is 9.97. The molecule has 0 aromatic carbocycles. The first-order chi connectivity index (χ1) is 11.3. The molecule has 0 atom stereocenters. The van der Waals surface area contributed by atoms with Crippen molar-refractivity contribution in [2.45, 2.75) is 45.4 Å². The highest BCUT2D eigenvalue weighted by molar-refractivity contribution is 5.79. The van der Waals surface area contributed by atoms with Gasteiger partial charge in [-0.05, 0) is 59.0 Å². The number of aliphatic imine (C=N–C) groups is 1. The van der Waals surface area contributed by atoms with Gasteiger partial charge in [0.15, 0.2) is 5.96 Å². The van der Waals surface area contributed by atoms with Gasteiger partial charge in [-0.25, -0.2) is 0 Å². The van der Waals surface area contributed by atoms with Crippen LogP contribution in [0.15, 0.2) is 16.6 Å². The van der Waals surface area contributed by atoms with Crippen molar-refractivity contribution >= 4 is 5.96 Å². The summed E-state index contributed by atoms with van der Waals surface area (Å²) < 4.78 is 5.09. The molecule has 2 N–H and O–H groups in total. The van der Waals surface area contributed by atoms with Gasteiger partial charge in [-0.15, -0.1) is 0 Å². The highest BCUT2D eigenvalue weighted by Gasteiger charge is 2.04. The van der Waals surface area contributed by atoms with E-state index < -0.39 is 0 Å². The lowest BCUT2D eigenvalue weighted by Gasteiger charge is -2.16. The largest absolute Gasteiger partial charge is 0.383 e. The summed E-state index contributed by atoms with van der Waals surface area (Å²) in [6, 6.07) is 0. The Morgan fingerprint density at radius 1 is 1.30 bits per heavy atom. The van der Waals surface area contributed by atoms with Gasteiger partial charge in [0.25, 0.3) is 0 Å². The van der Waals surface area contributed by atoms with Crippen molar-refractivity contribution in [2.75, 3.05) is 53.5 Å². The van der Waals surface area contributed by atoms with E-state index in [1.807, 2.05) is 0 Å². The molecule has 1 rings (SSSR count). The molecule has 5 heteroatoms. The number of guanidine groups is 1. The number of ether oxygens (including phenoxy) is 1. The van der Waals surface area contributed by atoms with Gasteiger partial charge in [-0.1, -0.05) is 11.6 Å². The zero-order chi connectivity index (χ0) is 16.8. The third kappa shape index (κ3) is 10.3. The first-order valence-electron chi connectivity index (χ1n) is 9.13. The van der Waals surface area contributed by atoms with Crippen LogP contribution in [-0.2, 0) is 4.74 Å². The van der Waals surface area contributed by atoms with Gasteiger partial charge in [0.05, 0.1) is 6.61 Å². The summed E-state index contributed by atoms with van der Waals surface area (Å²) >= 11 is 0. The second kappa shape index (κ2) is 13.4. The zero-order valence-corrected chi connectivity index (χ0v) is 15.4. The van der Waals surface area contributed by atoms with Crippen molar-refractivity contribution in [3.8, 4) is 0 Å². The Morgan fingerprint density at radius 3 is 2.87 bits per heavy atom. The highest BCUT2D eigenvalue weighted by atomic mass is 16.5. The Hall–Kier alpha value is -1.07. The van der Waals surface area contributed by atoms with Gasteiger partial charge < -0.3 is 20.3 Å². The molecule has 0 heterocycles. The van der Waals surface area contributed by atoms with E-state index in [1.165, 1.54) is 25.7 Å². The fourth-order valence-corrected chi connectivity index (χ4v) is 2.71. The molecule has 0 aromatic rings. The number of nitrogens with one attached hydrogen (secondary N) is 2. The average Bonchev–Trinajstić information content (AvgIpc) is 2.57. The van der Waals surface area contributed by atoms with Gasteiger partial charge in [0.2, 0.25) is 0 Å². The summed E-state index contributed by atoms with van der Waals surface area (Å²) in [5.41, 5.74) is 1.61. The van der Waals surface area contributed by atoms with Gasteiger partial charge in [-0.2, -0.15) is 0 Å². The second-order valence-corrected chi connectivity index (χ2v) is 6.20. The monoisotopic (exact) mass is 324 g/mol. The smallest absolute Gasteiger partial charge is 0.191 e. The van der Waals surface area contributed by atoms with Crippen LogP contribution < -0.4 is 10.6 Å². The van der Waals surface area contributed by atoms with Crippen LogP contribution in [-0.4, -0.2) is 64.3 Å². The Bertz CT molecular complexity index is 355. The van der Waals surface area contributed by atoms with Crippen LogP contribution in [0.25, 0.3) is 0 Å². The van der Waals surface area contributed by atoms with Crippen LogP contribution in [0.2, 0.25) is 0 Å². The molecule has 1 aliphatic carbocycles. The number of likely N-dealkylation sites (N-methyl/N-ethyl adjacent to an activating group) is 1. The van der Waals surface area contributed by atoms with E-state index in [0.717, 1.165) is 58.1 Å². The van der Waals surface area contributed by atoms with Crippen molar-refractivity contribution in [1.29, 1.82) is 0 Å². The molecule has 5 nitrogen and oxygen atoms in total. The summed E-state index contributed by atoms with van der Waals surface area (Å²) in [4.78, 5) is 6.95. The summed E-state index contributed by atoms with van der Waals surface area (Å²) in [6.07, 6.45) is 9.90. The molecule has 0 saturated carbocycles. The van der Waals surface area contributed by atoms with E-state index in [1.54, 1.807) is 12.7 Å². The highest BCUT2D eigenvalue weighted by Crippen LogP contribution is 2.19. The van der Waals surface area contributed by atoms with Crippen molar-refractivity contribution in [1.82, 2.24) is 15.5 Å². The number of hydrogen-bond acceptors (Lipinski definition) is 3. The van der Waals surface area contributed by atoms with E-state index in [4.69, 9.17) is 4.74 Å². The van der Waals surface area contributed by atoms with E-state index >= 15 is 0 Å². The molecule has 0 aliphatic heterocycles. The van der Waals surface area contributed by atoms with Gasteiger partial charge in [0, 0.05) is 33.3 Å². The molecule has 0 unspecified atom stereocenters. The number of methoxy groups -OCH3 is 1. The van der Waals surface area contributed by atoms with Gasteiger partial charge >= 0.3 is 0 Å². The molecular weight excluding hydrogens is 288 g/mol. The number of rotatable bonds is 11. The van der Waals surface area contributed by atoms with Crippen LogP contribution in [0.4, 0.5) is 0 Å². The first kappa shape index (κ1) is 20.0. The fraction of sp³-hybridized carbons (Fsp3) is 0.833. The number of nitrogens with zero attached hydrogens (tertiary/aromatic N) is 2. The average molecular weight is 325 g/mol. The van der Waals surface area contributed by atoms with Crippen molar-refractivity contribution in [3.05, 3.63) is 11.6 Å². The van der Waals surface area contributed by atoms with E-state index in [9.17, 15) is 0 Å². The third-order valence-electron chi connectivity index (χ3n) is 4.11. The molecule has 0 spiro atoms. The fourth-order valence-electron chi connectivity index (χ4n) is 2.71. The van der Waals surface area contributed by atoms with Crippen molar-refractivity contribution < 1.29 is 4.74 Å². The molecule has 0 fully saturated rings. The summed E-state index contributed by atoms with van der Waals surface area (Å²) in [5.74, 6) is 0.948. The van der Waals surface area contributed by atoms with Crippen LogP contribution in [0.1, 0.15) is 45.4 Å². The van der Waals surface area contributed by atoms with Crippen LogP contribution in [0, 0.1) is 0 Å². The Morgan fingerprint density at radius 2 is 2.17 bits per heavy atom. The topological polar surface area (TPSA) is 48.9 Å². The minimum atomic E-state index is 0.791. The van der Waals surface area contributed by atoms with E-state index in [-0.39, 0.29) is 0 Å². The molecule has 0 amide bonds. The normalized spacial score (nSPS) is 15.7. The minimum Gasteiger partial charge on any atom is -0.383 e. The van der Waals surface area contributed by atoms with Gasteiger partial charge in [-0.3, -0.25) is 4.99 Å². The molecule has 0 radical (unpaired) electrons. The van der Waals surface area contributed by atoms with E-state index in [2.05, 4.69) is 40.6 Å². The lowest BCUT2D eigenvalue weighted by Crippen LogP contribution is -2.38. The molecule has 0 aromatic heterocycles. The van der Waals surface area contributed by atoms with Crippen molar-refractivity contribution in [2.24, 2.45) is 4.99 Å². The first-order valence-corrected chi connectivity index (χ1v) is 9.13. The maximum absolute atomic E-state index is 5.09. The lowest BCUT2D eigenvalue weighted by molar-refractivity contribution is 0.161. The standard InChI is InChI=1S/C18H36N4O/c1-4-19-18(20-12-8-14-22(2)15-16-23-3)21-13-11-17-9-6-5-7-10-17/h9H,4-8,10-16H2,1-3H3,(H2,19,20,21). The maximum Gasteiger partial charge on any atom is 0.191 e.